The molecule has 0 spiro atoms. The summed E-state index contributed by atoms with van der Waals surface area (Å²) >= 11 is 0. The van der Waals surface area contributed by atoms with Gasteiger partial charge in [-0.2, -0.15) is 0 Å². The van der Waals surface area contributed by atoms with Crippen molar-refractivity contribution in [3.63, 3.8) is 0 Å². The van der Waals surface area contributed by atoms with Gasteiger partial charge in [0.15, 0.2) is 17.2 Å². The van der Waals surface area contributed by atoms with Crippen LogP contribution in [0, 0.1) is 19.3 Å². The Hall–Kier alpha value is -3.72. The van der Waals surface area contributed by atoms with E-state index in [9.17, 15) is 4.79 Å². The molecule has 0 aliphatic heterocycles. The van der Waals surface area contributed by atoms with E-state index in [1.807, 2.05) is 56.4 Å². The standard InChI is InChI=1S/C22H21N3O3/c1-5-14-28-21-17(10-9-13-19(21)27-4)15-23-20-16(2)24(3)25(22(20)26)18-11-7-6-8-12-18/h1,6-13,15H,14H2,2-4H3. The van der Waals surface area contributed by atoms with Crippen molar-refractivity contribution in [1.29, 1.82) is 0 Å². The largest absolute Gasteiger partial charge is 0.493 e. The van der Waals surface area contributed by atoms with Crippen LogP contribution < -0.4 is 15.0 Å². The highest BCUT2D eigenvalue weighted by Crippen LogP contribution is 2.30. The molecule has 0 saturated heterocycles. The molecular formula is C22H21N3O3. The lowest BCUT2D eigenvalue weighted by molar-refractivity contribution is 0.330. The van der Waals surface area contributed by atoms with Crippen molar-refractivity contribution in [2.75, 3.05) is 13.7 Å². The van der Waals surface area contributed by atoms with Crippen LogP contribution in [0.4, 0.5) is 5.69 Å². The van der Waals surface area contributed by atoms with Gasteiger partial charge in [-0.15, -0.1) is 6.42 Å². The quantitative estimate of drug-likeness (QED) is 0.491. The topological polar surface area (TPSA) is 57.8 Å². The summed E-state index contributed by atoms with van der Waals surface area (Å²) in [5.41, 5.74) is 2.36. The molecule has 0 bridgehead atoms. The minimum Gasteiger partial charge on any atom is -0.493 e. The summed E-state index contributed by atoms with van der Waals surface area (Å²) in [5, 5.41) is 0. The van der Waals surface area contributed by atoms with Crippen LogP contribution in [-0.4, -0.2) is 29.3 Å². The van der Waals surface area contributed by atoms with Crippen molar-refractivity contribution in [2.24, 2.45) is 12.0 Å². The van der Waals surface area contributed by atoms with Crippen LogP contribution in [-0.2, 0) is 7.05 Å². The monoisotopic (exact) mass is 375 g/mol. The number of benzene rings is 2. The Kier molecular flexibility index (Phi) is 5.66. The van der Waals surface area contributed by atoms with Gasteiger partial charge in [-0.3, -0.25) is 9.48 Å². The van der Waals surface area contributed by atoms with E-state index in [-0.39, 0.29) is 12.2 Å². The molecule has 6 heteroatoms. The fraction of sp³-hybridized carbons (Fsp3) is 0.182. The number of terminal acetylenes is 1. The van der Waals surface area contributed by atoms with E-state index in [1.165, 1.54) is 0 Å². The van der Waals surface area contributed by atoms with Gasteiger partial charge in [0, 0.05) is 18.8 Å². The van der Waals surface area contributed by atoms with E-state index in [0.717, 1.165) is 11.4 Å². The first kappa shape index (κ1) is 19.1. The van der Waals surface area contributed by atoms with E-state index < -0.39 is 0 Å². The Morgan fingerprint density at radius 3 is 2.61 bits per heavy atom. The molecule has 0 unspecified atom stereocenters. The van der Waals surface area contributed by atoms with Gasteiger partial charge in [-0.05, 0) is 31.2 Å². The molecule has 0 N–H and O–H groups in total. The molecular weight excluding hydrogens is 354 g/mol. The molecule has 6 nitrogen and oxygen atoms in total. The van der Waals surface area contributed by atoms with Gasteiger partial charge in [0.25, 0.3) is 5.56 Å². The number of rotatable bonds is 6. The van der Waals surface area contributed by atoms with E-state index >= 15 is 0 Å². The van der Waals surface area contributed by atoms with Gasteiger partial charge in [-0.1, -0.05) is 30.2 Å². The van der Waals surface area contributed by atoms with Crippen LogP contribution in [0.1, 0.15) is 11.3 Å². The van der Waals surface area contributed by atoms with E-state index in [0.29, 0.717) is 22.7 Å². The van der Waals surface area contributed by atoms with Crippen molar-refractivity contribution in [2.45, 2.75) is 6.92 Å². The molecule has 0 atom stereocenters. The molecule has 0 amide bonds. The molecule has 1 aromatic heterocycles. The third kappa shape index (κ3) is 3.55. The molecule has 1 heterocycles. The fourth-order valence-electron chi connectivity index (χ4n) is 2.90. The second-order valence-corrected chi connectivity index (χ2v) is 6.04. The zero-order valence-corrected chi connectivity index (χ0v) is 16.0. The number of hydrogen-bond donors (Lipinski definition) is 0. The van der Waals surface area contributed by atoms with Crippen LogP contribution in [0.15, 0.2) is 58.3 Å². The average Bonchev–Trinajstić information content (AvgIpc) is 2.93. The molecule has 142 valence electrons. The Morgan fingerprint density at radius 1 is 1.18 bits per heavy atom. The highest BCUT2D eigenvalue weighted by molar-refractivity contribution is 5.87. The Balaban J connectivity index is 2.05. The maximum Gasteiger partial charge on any atom is 0.297 e. The zero-order chi connectivity index (χ0) is 20.1. The molecule has 3 aromatic rings. The first-order valence-corrected chi connectivity index (χ1v) is 8.69. The van der Waals surface area contributed by atoms with Crippen molar-refractivity contribution >= 4 is 11.9 Å². The maximum atomic E-state index is 13.0. The van der Waals surface area contributed by atoms with Gasteiger partial charge < -0.3 is 9.47 Å². The lowest BCUT2D eigenvalue weighted by atomic mass is 10.2. The average molecular weight is 375 g/mol. The van der Waals surface area contributed by atoms with Gasteiger partial charge in [0.2, 0.25) is 0 Å². The number of hydrogen-bond acceptors (Lipinski definition) is 4. The normalized spacial score (nSPS) is 10.8. The van der Waals surface area contributed by atoms with E-state index in [4.69, 9.17) is 15.9 Å². The predicted molar refractivity (Wildman–Crippen MR) is 110 cm³/mol. The number of methoxy groups -OCH3 is 1. The number of aliphatic imine (C=N–C) groups is 1. The van der Waals surface area contributed by atoms with Gasteiger partial charge in [0.05, 0.1) is 18.5 Å². The van der Waals surface area contributed by atoms with Crippen LogP contribution in [0.5, 0.6) is 11.5 Å². The molecule has 28 heavy (non-hydrogen) atoms. The van der Waals surface area contributed by atoms with Crippen LogP contribution >= 0.6 is 0 Å². The lowest BCUT2D eigenvalue weighted by Crippen LogP contribution is -2.19. The summed E-state index contributed by atoms with van der Waals surface area (Å²) in [6, 6.07) is 14.9. The lowest BCUT2D eigenvalue weighted by Gasteiger charge is -2.11. The summed E-state index contributed by atoms with van der Waals surface area (Å²) in [5.74, 6) is 3.47. The van der Waals surface area contributed by atoms with Crippen molar-refractivity contribution in [1.82, 2.24) is 9.36 Å². The summed E-state index contributed by atoms with van der Waals surface area (Å²) in [7, 11) is 3.38. The molecule has 0 fully saturated rings. The second-order valence-electron chi connectivity index (χ2n) is 6.04. The minimum atomic E-state index is -0.198. The van der Waals surface area contributed by atoms with Crippen LogP contribution in [0.2, 0.25) is 0 Å². The zero-order valence-electron chi connectivity index (χ0n) is 16.0. The number of nitrogens with zero attached hydrogens (tertiary/aromatic N) is 3. The first-order chi connectivity index (χ1) is 13.6. The van der Waals surface area contributed by atoms with Crippen molar-refractivity contribution in [3.05, 3.63) is 70.1 Å². The Labute approximate surface area is 163 Å². The highest BCUT2D eigenvalue weighted by Gasteiger charge is 2.15. The van der Waals surface area contributed by atoms with E-state index in [1.54, 1.807) is 28.8 Å². The minimum absolute atomic E-state index is 0.104. The Morgan fingerprint density at radius 2 is 1.93 bits per heavy atom. The highest BCUT2D eigenvalue weighted by atomic mass is 16.5. The number of para-hydroxylation sites is 2. The smallest absolute Gasteiger partial charge is 0.297 e. The van der Waals surface area contributed by atoms with Crippen molar-refractivity contribution < 1.29 is 9.47 Å². The fourth-order valence-corrected chi connectivity index (χ4v) is 2.90. The predicted octanol–water partition coefficient (Wildman–Crippen LogP) is 3.26. The molecule has 2 aromatic carbocycles. The van der Waals surface area contributed by atoms with Gasteiger partial charge in [0.1, 0.15) is 6.61 Å². The van der Waals surface area contributed by atoms with E-state index in [2.05, 4.69) is 10.9 Å². The summed E-state index contributed by atoms with van der Waals surface area (Å²) in [6.45, 7) is 1.96. The van der Waals surface area contributed by atoms with Crippen molar-refractivity contribution in [3.8, 4) is 29.5 Å². The SMILES string of the molecule is C#CCOc1c(C=Nc2c(C)n(C)n(-c3ccccc3)c2=O)cccc1OC. The summed E-state index contributed by atoms with van der Waals surface area (Å²) in [4.78, 5) is 17.4. The molecule has 0 aliphatic rings. The molecule has 3 rings (SSSR count). The molecule has 0 aliphatic carbocycles. The molecule has 0 saturated carbocycles. The third-order valence-corrected chi connectivity index (χ3v) is 4.39. The Bertz CT molecular complexity index is 1100. The number of aromatic nitrogens is 2. The summed E-state index contributed by atoms with van der Waals surface area (Å²) < 4.78 is 14.3. The van der Waals surface area contributed by atoms with Crippen LogP contribution in [0.3, 0.4) is 0 Å². The number of ether oxygens (including phenoxy) is 2. The van der Waals surface area contributed by atoms with Gasteiger partial charge >= 0.3 is 0 Å². The maximum absolute atomic E-state index is 13.0. The van der Waals surface area contributed by atoms with Gasteiger partial charge in [-0.25, -0.2) is 9.67 Å². The second kappa shape index (κ2) is 8.31. The third-order valence-electron chi connectivity index (χ3n) is 4.39. The molecule has 0 radical (unpaired) electrons. The van der Waals surface area contributed by atoms with Crippen LogP contribution in [0.25, 0.3) is 5.69 Å². The first-order valence-electron chi connectivity index (χ1n) is 8.69. The summed E-state index contributed by atoms with van der Waals surface area (Å²) in [6.07, 6.45) is 6.89.